The fourth-order valence-electron chi connectivity index (χ4n) is 7.04. The zero-order chi connectivity index (χ0) is 43.6. The molecule has 10 rings (SSSR count). The second-order valence-corrected chi connectivity index (χ2v) is 11.9. The molecular formula is C48H30O. The van der Waals surface area contributed by atoms with Crippen molar-refractivity contribution in [2.45, 2.75) is 0 Å². The molecule has 9 aromatic carbocycles. The van der Waals surface area contributed by atoms with Gasteiger partial charge in [0, 0.05) is 16.2 Å². The lowest BCUT2D eigenvalue weighted by Gasteiger charge is -2.18. The van der Waals surface area contributed by atoms with Crippen molar-refractivity contribution >= 4 is 54.3 Å². The van der Waals surface area contributed by atoms with E-state index in [0.29, 0.717) is 49.4 Å². The number of rotatable bonds is 4. The van der Waals surface area contributed by atoms with Gasteiger partial charge in [-0.2, -0.15) is 0 Å². The minimum Gasteiger partial charge on any atom is -0.455 e. The van der Waals surface area contributed by atoms with Gasteiger partial charge in [-0.3, -0.25) is 0 Å². The molecule has 0 aliphatic carbocycles. The first kappa shape index (κ1) is 17.6. The molecule has 10 aromatic rings. The average Bonchev–Trinajstić information content (AvgIpc) is 3.69. The standard InChI is InChI=1S/C48H30O/c1-3-13-31(14-4-1)33-17-11-18-36(30-33)45-38-19-7-9-21-40(38)46(41-22-10-8-20-39(41)45)42-23-12-24-44-47(42)43-28-26-35-29-34(32-15-5-2-6-16-32)25-27-37(35)48(43)49-44/h1-30H/i2D,5D,6D,7D,8D,9D,10D,15D,16D,19D,20D,21D,22D. The van der Waals surface area contributed by atoms with Crippen LogP contribution in [0.5, 0.6) is 0 Å². The van der Waals surface area contributed by atoms with Crippen LogP contribution in [0.4, 0.5) is 0 Å². The van der Waals surface area contributed by atoms with E-state index in [0.717, 1.165) is 11.1 Å². The SMILES string of the molecule is [2H]c1c([2H])c([2H])c(-c2ccc3c(ccc4c3oc3cccc(-c5c6c([2H])c([2H])c([2H])c([2H])c6c(-c6cccc(-c7ccccc7)c6)c6c([2H])c([2H])c([2H])c([2H])c56)c34)c2)c([2H])c1[2H]. The molecule has 0 atom stereocenters. The Bertz CT molecular complexity index is 3510. The van der Waals surface area contributed by atoms with Crippen molar-refractivity contribution in [1.82, 2.24) is 0 Å². The first-order valence-corrected chi connectivity index (χ1v) is 15.8. The Kier molecular flexibility index (Phi) is 3.99. The number of hydrogen-bond acceptors (Lipinski definition) is 1. The normalized spacial score (nSPS) is 15.4. The van der Waals surface area contributed by atoms with Crippen molar-refractivity contribution in [3.8, 4) is 44.5 Å². The topological polar surface area (TPSA) is 13.1 Å². The van der Waals surface area contributed by atoms with E-state index >= 15 is 0 Å². The molecule has 0 aliphatic rings. The highest BCUT2D eigenvalue weighted by Gasteiger charge is 2.21. The Labute approximate surface area is 302 Å². The van der Waals surface area contributed by atoms with Crippen LogP contribution in [0, 0.1) is 0 Å². The first-order chi connectivity index (χ1) is 29.7. The van der Waals surface area contributed by atoms with Crippen LogP contribution in [-0.4, -0.2) is 0 Å². The molecule has 0 bridgehead atoms. The van der Waals surface area contributed by atoms with E-state index in [9.17, 15) is 5.48 Å². The Morgan fingerprint density at radius 3 is 1.76 bits per heavy atom. The van der Waals surface area contributed by atoms with Crippen molar-refractivity contribution < 1.29 is 22.2 Å². The average molecular weight is 636 g/mol. The Morgan fingerprint density at radius 1 is 0.388 bits per heavy atom. The minimum absolute atomic E-state index is 0.0630. The fourth-order valence-corrected chi connectivity index (χ4v) is 7.04. The number of fused-ring (bicyclic) bond motifs is 7. The molecule has 1 nitrogen and oxygen atoms in total. The zero-order valence-corrected chi connectivity index (χ0v) is 25.7. The van der Waals surface area contributed by atoms with E-state index in [-0.39, 0.29) is 74.5 Å². The molecule has 1 aromatic heterocycles. The van der Waals surface area contributed by atoms with Gasteiger partial charge in [0.15, 0.2) is 0 Å². The largest absolute Gasteiger partial charge is 0.455 e. The van der Waals surface area contributed by atoms with Crippen LogP contribution < -0.4 is 0 Å². The van der Waals surface area contributed by atoms with Crippen LogP contribution >= 0.6 is 0 Å². The Morgan fingerprint density at radius 2 is 1.00 bits per heavy atom. The molecule has 0 saturated heterocycles. The summed E-state index contributed by atoms with van der Waals surface area (Å²) >= 11 is 0. The van der Waals surface area contributed by atoms with Gasteiger partial charge in [0.2, 0.25) is 0 Å². The van der Waals surface area contributed by atoms with E-state index in [2.05, 4.69) is 0 Å². The van der Waals surface area contributed by atoms with Gasteiger partial charge in [-0.1, -0.05) is 151 Å². The monoisotopic (exact) mass is 635 g/mol. The van der Waals surface area contributed by atoms with E-state index in [1.54, 1.807) is 42.5 Å². The van der Waals surface area contributed by atoms with Crippen LogP contribution in [0.3, 0.4) is 0 Å². The molecule has 0 spiro atoms. The molecule has 1 heterocycles. The fraction of sp³-hybridized carbons (Fsp3) is 0. The van der Waals surface area contributed by atoms with Crippen molar-refractivity contribution in [2.24, 2.45) is 0 Å². The van der Waals surface area contributed by atoms with E-state index in [1.807, 2.05) is 60.7 Å². The van der Waals surface area contributed by atoms with Gasteiger partial charge >= 0.3 is 0 Å². The summed E-state index contributed by atoms with van der Waals surface area (Å²) in [5.41, 5.74) is 4.40. The second kappa shape index (κ2) is 11.1. The Hall–Kier alpha value is -6.44. The molecular weight excluding hydrogens is 593 g/mol. The highest BCUT2D eigenvalue weighted by atomic mass is 16.3. The summed E-state index contributed by atoms with van der Waals surface area (Å²) in [5.74, 6) is 0. The molecule has 1 heteroatoms. The predicted molar refractivity (Wildman–Crippen MR) is 208 cm³/mol. The highest BCUT2D eigenvalue weighted by Crippen LogP contribution is 2.48. The van der Waals surface area contributed by atoms with Crippen LogP contribution in [0.15, 0.2) is 186 Å². The van der Waals surface area contributed by atoms with Crippen LogP contribution in [0.25, 0.3) is 98.8 Å². The second-order valence-electron chi connectivity index (χ2n) is 11.9. The lowest BCUT2D eigenvalue weighted by Crippen LogP contribution is -1.91. The van der Waals surface area contributed by atoms with Crippen LogP contribution in [0.1, 0.15) is 17.8 Å². The summed E-state index contributed by atoms with van der Waals surface area (Å²) in [7, 11) is 0. The highest BCUT2D eigenvalue weighted by molar-refractivity contribution is 6.27. The lowest BCUT2D eigenvalue weighted by molar-refractivity contribution is 0.673. The smallest absolute Gasteiger partial charge is 0.143 e. The third-order valence-corrected chi connectivity index (χ3v) is 9.17. The summed E-state index contributed by atoms with van der Waals surface area (Å²) < 4.78 is 121. The maximum absolute atomic E-state index is 9.48. The van der Waals surface area contributed by atoms with Crippen LogP contribution in [-0.2, 0) is 0 Å². The van der Waals surface area contributed by atoms with Gasteiger partial charge < -0.3 is 4.42 Å². The van der Waals surface area contributed by atoms with Gasteiger partial charge in [-0.25, -0.2) is 0 Å². The predicted octanol–water partition coefficient (Wildman–Crippen LogP) is 13.7. The van der Waals surface area contributed by atoms with E-state index in [1.165, 1.54) is 0 Å². The first-order valence-electron chi connectivity index (χ1n) is 22.3. The maximum atomic E-state index is 9.48. The molecule has 0 fully saturated rings. The molecule has 0 radical (unpaired) electrons. The van der Waals surface area contributed by atoms with Crippen molar-refractivity contribution in [1.29, 1.82) is 0 Å². The zero-order valence-electron chi connectivity index (χ0n) is 38.7. The van der Waals surface area contributed by atoms with Gasteiger partial charge in [-0.05, 0) is 102 Å². The molecule has 0 N–H and O–H groups in total. The van der Waals surface area contributed by atoms with Gasteiger partial charge in [0.05, 0.1) is 17.8 Å². The summed E-state index contributed by atoms with van der Waals surface area (Å²) in [6, 6.07) is 25.5. The molecule has 49 heavy (non-hydrogen) atoms. The van der Waals surface area contributed by atoms with E-state index < -0.39 is 42.3 Å². The third-order valence-electron chi connectivity index (χ3n) is 9.17. The third kappa shape index (κ3) is 4.40. The quantitative estimate of drug-likeness (QED) is 0.175. The van der Waals surface area contributed by atoms with Gasteiger partial charge in [0.1, 0.15) is 11.2 Å². The maximum Gasteiger partial charge on any atom is 0.143 e. The van der Waals surface area contributed by atoms with Crippen molar-refractivity contribution in [3.05, 3.63) is 182 Å². The molecule has 0 saturated carbocycles. The minimum atomic E-state index is -0.502. The molecule has 0 aliphatic heterocycles. The van der Waals surface area contributed by atoms with E-state index in [4.69, 9.17) is 16.8 Å². The van der Waals surface area contributed by atoms with Gasteiger partial charge in [-0.15, -0.1) is 0 Å². The van der Waals surface area contributed by atoms with Crippen molar-refractivity contribution in [3.63, 3.8) is 0 Å². The number of furan rings is 1. The summed E-state index contributed by atoms with van der Waals surface area (Å²) in [6.45, 7) is 0. The van der Waals surface area contributed by atoms with Crippen molar-refractivity contribution in [2.75, 3.05) is 0 Å². The summed E-state index contributed by atoms with van der Waals surface area (Å²) in [5, 5.41) is 2.82. The van der Waals surface area contributed by atoms with Crippen LogP contribution in [0.2, 0.25) is 0 Å². The van der Waals surface area contributed by atoms with Gasteiger partial charge in [0.25, 0.3) is 0 Å². The lowest BCUT2D eigenvalue weighted by atomic mass is 9.84. The number of hydrogen-bond donors (Lipinski definition) is 0. The molecule has 0 unspecified atom stereocenters. The molecule has 0 amide bonds. The summed E-state index contributed by atoms with van der Waals surface area (Å²) in [6.07, 6.45) is 0. The number of benzene rings is 9. The Balaban J connectivity index is 1.33. The molecule has 228 valence electrons. The summed E-state index contributed by atoms with van der Waals surface area (Å²) in [4.78, 5) is 0.